The molecule has 0 radical (unpaired) electrons. The molecule has 0 rings (SSSR count). The zero-order valence-electron chi connectivity index (χ0n) is 7.43. The van der Waals surface area contributed by atoms with Crippen LogP contribution in [0.15, 0.2) is 0 Å². The minimum absolute atomic E-state index is 0.167. The Morgan fingerprint density at radius 1 is 1.30 bits per heavy atom. The summed E-state index contributed by atoms with van der Waals surface area (Å²) in [6.07, 6.45) is 3.59. The van der Waals surface area contributed by atoms with Gasteiger partial charge in [0.05, 0.1) is 0 Å². The first kappa shape index (κ1) is 12.6. The molecule has 0 heterocycles. The molecular weight excluding hydrogens is 126 g/mol. The van der Waals surface area contributed by atoms with Gasteiger partial charge in [0.2, 0.25) is 0 Å². The third-order valence-corrected chi connectivity index (χ3v) is 0.808. The van der Waals surface area contributed by atoms with Crippen LogP contribution >= 0.6 is 0 Å². The van der Waals surface area contributed by atoms with Gasteiger partial charge in [0.15, 0.2) is 0 Å². The summed E-state index contributed by atoms with van der Waals surface area (Å²) < 4.78 is 0. The van der Waals surface area contributed by atoms with Crippen molar-refractivity contribution >= 4 is 0 Å². The van der Waals surface area contributed by atoms with E-state index in [4.69, 9.17) is 10.8 Å². The van der Waals surface area contributed by atoms with Crippen molar-refractivity contribution < 1.29 is 5.11 Å². The second-order valence-corrected chi connectivity index (χ2v) is 2.59. The van der Waals surface area contributed by atoms with Crippen molar-refractivity contribution in [3.05, 3.63) is 0 Å². The van der Waals surface area contributed by atoms with Crippen molar-refractivity contribution in [2.45, 2.75) is 46.1 Å². The Morgan fingerprint density at radius 3 is 1.80 bits per heavy atom. The zero-order chi connectivity index (χ0) is 8.41. The smallest absolute Gasteiger partial charge is 0.0483 e. The second kappa shape index (κ2) is 11.7. The highest BCUT2D eigenvalue weighted by molar-refractivity contribution is 4.34. The number of aliphatic hydroxyl groups is 1. The molecule has 0 aromatic heterocycles. The first-order chi connectivity index (χ1) is 4.65. The molecule has 2 nitrogen and oxygen atoms in total. The fraction of sp³-hybridized carbons (Fsp3) is 1.00. The lowest BCUT2D eigenvalue weighted by Gasteiger charge is -1.86. The molecule has 0 aromatic rings. The second-order valence-electron chi connectivity index (χ2n) is 2.59. The number of hydrogen-bond donors (Lipinski definition) is 2. The van der Waals surface area contributed by atoms with Crippen LogP contribution in [0.5, 0.6) is 0 Å². The zero-order valence-corrected chi connectivity index (χ0v) is 7.43. The SMILES string of the molecule is CC(C)O.CCCCCN. The first-order valence-electron chi connectivity index (χ1n) is 4.03. The van der Waals surface area contributed by atoms with Crippen LogP contribution in [-0.4, -0.2) is 17.8 Å². The van der Waals surface area contributed by atoms with E-state index in [0.717, 1.165) is 6.54 Å². The minimum atomic E-state index is -0.167. The Balaban J connectivity index is 0. The third kappa shape index (κ3) is 44.5. The van der Waals surface area contributed by atoms with Crippen molar-refractivity contribution in [3.63, 3.8) is 0 Å². The van der Waals surface area contributed by atoms with Gasteiger partial charge >= 0.3 is 0 Å². The number of hydrogen-bond acceptors (Lipinski definition) is 2. The van der Waals surface area contributed by atoms with Crippen LogP contribution in [-0.2, 0) is 0 Å². The Morgan fingerprint density at radius 2 is 1.70 bits per heavy atom. The highest BCUT2D eigenvalue weighted by atomic mass is 16.3. The molecule has 0 atom stereocenters. The highest BCUT2D eigenvalue weighted by Crippen LogP contribution is 1.88. The normalized spacial score (nSPS) is 9.00. The fourth-order valence-corrected chi connectivity index (χ4v) is 0.394. The molecule has 10 heavy (non-hydrogen) atoms. The van der Waals surface area contributed by atoms with Gasteiger partial charge in [-0.2, -0.15) is 0 Å². The lowest BCUT2D eigenvalue weighted by atomic mass is 10.3. The van der Waals surface area contributed by atoms with Gasteiger partial charge < -0.3 is 10.8 Å². The molecule has 2 heteroatoms. The van der Waals surface area contributed by atoms with Crippen LogP contribution in [0.3, 0.4) is 0 Å². The standard InChI is InChI=1S/C5H13N.C3H8O/c1-2-3-4-5-6;1-3(2)4/h2-6H2,1H3;3-4H,1-2H3. The summed E-state index contributed by atoms with van der Waals surface area (Å²) in [4.78, 5) is 0. The number of aliphatic hydroxyl groups excluding tert-OH is 1. The number of rotatable bonds is 3. The summed E-state index contributed by atoms with van der Waals surface area (Å²) in [6.45, 7) is 6.48. The van der Waals surface area contributed by atoms with Gasteiger partial charge in [-0.05, 0) is 26.8 Å². The molecule has 0 saturated carbocycles. The lowest BCUT2D eigenvalue weighted by Crippen LogP contribution is -1.96. The fourth-order valence-electron chi connectivity index (χ4n) is 0.394. The van der Waals surface area contributed by atoms with Crippen molar-refractivity contribution in [2.24, 2.45) is 5.73 Å². The monoisotopic (exact) mass is 147 g/mol. The average molecular weight is 147 g/mol. The van der Waals surface area contributed by atoms with E-state index in [0.29, 0.717) is 0 Å². The molecule has 0 saturated heterocycles. The van der Waals surface area contributed by atoms with Crippen LogP contribution in [0.4, 0.5) is 0 Å². The molecule has 3 N–H and O–H groups in total. The van der Waals surface area contributed by atoms with Crippen LogP contribution in [0.2, 0.25) is 0 Å². The third-order valence-electron chi connectivity index (χ3n) is 0.808. The molecule has 0 aliphatic rings. The van der Waals surface area contributed by atoms with E-state index in [1.54, 1.807) is 13.8 Å². The maximum Gasteiger partial charge on any atom is 0.0483 e. The summed E-state index contributed by atoms with van der Waals surface area (Å²) in [6, 6.07) is 0. The van der Waals surface area contributed by atoms with Gasteiger partial charge in [0, 0.05) is 6.10 Å². The molecule has 0 aliphatic carbocycles. The van der Waals surface area contributed by atoms with Crippen molar-refractivity contribution in [1.82, 2.24) is 0 Å². The van der Waals surface area contributed by atoms with Gasteiger partial charge in [-0.25, -0.2) is 0 Å². The Kier molecular flexibility index (Phi) is 14.7. The maximum atomic E-state index is 8.06. The van der Waals surface area contributed by atoms with Crippen molar-refractivity contribution in [1.29, 1.82) is 0 Å². The largest absolute Gasteiger partial charge is 0.394 e. The highest BCUT2D eigenvalue weighted by Gasteiger charge is 1.75. The quantitative estimate of drug-likeness (QED) is 0.594. The van der Waals surface area contributed by atoms with E-state index >= 15 is 0 Å². The lowest BCUT2D eigenvalue weighted by molar-refractivity contribution is 0.216. The van der Waals surface area contributed by atoms with Crippen LogP contribution in [0.1, 0.15) is 40.0 Å². The Labute approximate surface area is 64.4 Å². The molecule has 0 bridgehead atoms. The van der Waals surface area contributed by atoms with E-state index in [2.05, 4.69) is 6.92 Å². The molecule has 0 fully saturated rings. The molecule has 0 unspecified atom stereocenters. The van der Waals surface area contributed by atoms with Crippen LogP contribution in [0, 0.1) is 0 Å². The summed E-state index contributed by atoms with van der Waals surface area (Å²) >= 11 is 0. The first-order valence-corrected chi connectivity index (χ1v) is 4.03. The van der Waals surface area contributed by atoms with E-state index in [9.17, 15) is 0 Å². The van der Waals surface area contributed by atoms with Gasteiger partial charge in [0.1, 0.15) is 0 Å². The van der Waals surface area contributed by atoms with Crippen molar-refractivity contribution in [2.75, 3.05) is 6.54 Å². The molecule has 0 aromatic carbocycles. The van der Waals surface area contributed by atoms with Gasteiger partial charge in [-0.1, -0.05) is 19.8 Å². The van der Waals surface area contributed by atoms with E-state index in [1.807, 2.05) is 0 Å². The van der Waals surface area contributed by atoms with Crippen molar-refractivity contribution in [3.8, 4) is 0 Å². The van der Waals surface area contributed by atoms with Crippen LogP contribution < -0.4 is 5.73 Å². The van der Waals surface area contributed by atoms with E-state index < -0.39 is 0 Å². The molecular formula is C8H21NO. The summed E-state index contributed by atoms with van der Waals surface area (Å²) in [5.41, 5.74) is 5.21. The number of nitrogens with two attached hydrogens (primary N) is 1. The topological polar surface area (TPSA) is 46.2 Å². The minimum Gasteiger partial charge on any atom is -0.394 e. The predicted octanol–water partition coefficient (Wildman–Crippen LogP) is 1.52. The van der Waals surface area contributed by atoms with E-state index in [1.165, 1.54) is 19.3 Å². The number of unbranched alkanes of at least 4 members (excludes halogenated alkanes) is 2. The molecule has 0 amide bonds. The van der Waals surface area contributed by atoms with Gasteiger partial charge in [-0.15, -0.1) is 0 Å². The summed E-state index contributed by atoms with van der Waals surface area (Å²) in [5.74, 6) is 0. The van der Waals surface area contributed by atoms with Gasteiger partial charge in [-0.3, -0.25) is 0 Å². The maximum absolute atomic E-state index is 8.06. The predicted molar refractivity (Wildman–Crippen MR) is 45.9 cm³/mol. The van der Waals surface area contributed by atoms with E-state index in [-0.39, 0.29) is 6.10 Å². The van der Waals surface area contributed by atoms with Gasteiger partial charge in [0.25, 0.3) is 0 Å². The molecule has 64 valence electrons. The molecule has 0 aliphatic heterocycles. The summed E-state index contributed by atoms with van der Waals surface area (Å²) in [7, 11) is 0. The Hall–Kier alpha value is -0.0800. The summed E-state index contributed by atoms with van der Waals surface area (Å²) in [5, 5.41) is 8.06. The van der Waals surface area contributed by atoms with Crippen LogP contribution in [0.25, 0.3) is 0 Å². The molecule has 0 spiro atoms. The Bertz CT molecular complexity index is 39.8. The average Bonchev–Trinajstić information content (AvgIpc) is 1.82.